The Morgan fingerprint density at radius 2 is 1.96 bits per heavy atom. The van der Waals surface area contributed by atoms with Crippen molar-refractivity contribution in [3.8, 4) is 17.0 Å². The van der Waals surface area contributed by atoms with Crippen molar-refractivity contribution in [1.29, 1.82) is 0 Å². The molecule has 28 heavy (non-hydrogen) atoms. The van der Waals surface area contributed by atoms with E-state index in [9.17, 15) is 9.59 Å². The van der Waals surface area contributed by atoms with Crippen molar-refractivity contribution in [2.45, 2.75) is 0 Å². The highest BCUT2D eigenvalue weighted by atomic mass is 32.1. The van der Waals surface area contributed by atoms with Gasteiger partial charge < -0.3 is 15.5 Å². The molecule has 0 saturated heterocycles. The van der Waals surface area contributed by atoms with Crippen LogP contribution in [0.5, 0.6) is 5.75 Å². The predicted molar refractivity (Wildman–Crippen MR) is 108 cm³/mol. The fourth-order valence-electron chi connectivity index (χ4n) is 2.71. The zero-order valence-corrected chi connectivity index (χ0v) is 15.5. The second-order valence-corrected chi connectivity index (χ2v) is 6.91. The Kier molecular flexibility index (Phi) is 4.77. The molecule has 2 aromatic heterocycles. The molecule has 0 aliphatic rings. The number of amides is 2. The number of nitrogens with two attached hydrogens (primary N) is 1. The monoisotopic (exact) mass is 392 g/mol. The molecule has 8 heteroatoms. The normalized spacial score (nSPS) is 10.7. The molecule has 4 rings (SSSR count). The van der Waals surface area contributed by atoms with E-state index >= 15 is 0 Å². The number of carbonyl (C=O) groups is 2. The van der Waals surface area contributed by atoms with E-state index in [0.717, 1.165) is 16.3 Å². The first-order chi connectivity index (χ1) is 13.6. The lowest BCUT2D eigenvalue weighted by molar-refractivity contribution is -0.118. The number of primary amides is 1. The van der Waals surface area contributed by atoms with Crippen molar-refractivity contribution in [3.05, 3.63) is 65.8 Å². The third-order valence-electron chi connectivity index (χ3n) is 4.09. The van der Waals surface area contributed by atoms with E-state index in [0.29, 0.717) is 22.3 Å². The number of nitrogens with one attached hydrogen (secondary N) is 2. The molecule has 0 fully saturated rings. The number of thiazole rings is 1. The van der Waals surface area contributed by atoms with Gasteiger partial charge in [-0.25, -0.2) is 4.98 Å². The van der Waals surface area contributed by atoms with E-state index in [1.165, 1.54) is 11.3 Å². The molecule has 0 unspecified atom stereocenters. The molecule has 0 aliphatic heterocycles. The summed E-state index contributed by atoms with van der Waals surface area (Å²) in [6.07, 6.45) is 1.64. The van der Waals surface area contributed by atoms with Gasteiger partial charge in [0.25, 0.3) is 11.8 Å². The fraction of sp³-hybridized carbons (Fsp3) is 0.0500. The van der Waals surface area contributed by atoms with Crippen LogP contribution in [0.4, 0.5) is 5.13 Å². The van der Waals surface area contributed by atoms with Crippen LogP contribution in [-0.4, -0.2) is 28.4 Å². The van der Waals surface area contributed by atoms with Crippen LogP contribution in [-0.2, 0) is 4.79 Å². The zero-order valence-electron chi connectivity index (χ0n) is 14.6. The van der Waals surface area contributed by atoms with Crippen LogP contribution in [0.15, 0.2) is 60.1 Å². The molecule has 0 atom stereocenters. The minimum Gasteiger partial charge on any atom is -0.484 e. The van der Waals surface area contributed by atoms with Gasteiger partial charge >= 0.3 is 0 Å². The Morgan fingerprint density at radius 3 is 2.75 bits per heavy atom. The van der Waals surface area contributed by atoms with Gasteiger partial charge in [0, 0.05) is 17.1 Å². The Labute approximate surface area is 164 Å². The summed E-state index contributed by atoms with van der Waals surface area (Å²) in [6.45, 7) is -0.122. The maximum absolute atomic E-state index is 12.2. The number of carbonyl (C=O) groups excluding carboxylic acids is 2. The molecule has 140 valence electrons. The first-order valence-corrected chi connectivity index (χ1v) is 9.32. The van der Waals surface area contributed by atoms with Crippen LogP contribution in [0, 0.1) is 0 Å². The molecule has 0 bridgehead atoms. The number of fused-ring (bicyclic) bond motifs is 1. The van der Waals surface area contributed by atoms with E-state index < -0.39 is 5.91 Å². The van der Waals surface area contributed by atoms with Crippen molar-refractivity contribution in [3.63, 3.8) is 0 Å². The van der Waals surface area contributed by atoms with Crippen LogP contribution in [0.2, 0.25) is 0 Å². The first kappa shape index (κ1) is 17.7. The van der Waals surface area contributed by atoms with Gasteiger partial charge in [-0.3, -0.25) is 14.9 Å². The van der Waals surface area contributed by atoms with Gasteiger partial charge in [0.15, 0.2) is 11.7 Å². The Balaban J connectivity index is 1.37. The molecule has 0 aliphatic carbocycles. The standard InChI is InChI=1S/C20H16N4O3S/c21-19(26)16-8-14(9-22-16)17-11-28-20(23-17)24-18(25)10-27-15-6-5-12-3-1-2-4-13(12)7-15/h1-9,11,22H,10H2,(H2,21,26)(H,23,24,25). The quantitative estimate of drug-likeness (QED) is 0.467. The van der Waals surface area contributed by atoms with Gasteiger partial charge in [0.1, 0.15) is 11.4 Å². The van der Waals surface area contributed by atoms with Crippen molar-refractivity contribution in [1.82, 2.24) is 9.97 Å². The SMILES string of the molecule is NC(=O)c1cc(-c2csc(NC(=O)COc3ccc4ccccc4c3)n2)c[nH]1. The number of benzene rings is 2. The molecule has 4 N–H and O–H groups in total. The van der Waals surface area contributed by atoms with Crippen LogP contribution in [0.25, 0.3) is 22.0 Å². The summed E-state index contributed by atoms with van der Waals surface area (Å²) in [5.74, 6) is -0.221. The summed E-state index contributed by atoms with van der Waals surface area (Å²) in [5.41, 5.74) is 6.89. The maximum Gasteiger partial charge on any atom is 0.265 e. The largest absolute Gasteiger partial charge is 0.484 e. The van der Waals surface area contributed by atoms with Crippen LogP contribution in [0.3, 0.4) is 0 Å². The molecule has 0 saturated carbocycles. The van der Waals surface area contributed by atoms with Crippen LogP contribution >= 0.6 is 11.3 Å². The van der Waals surface area contributed by atoms with Gasteiger partial charge in [-0.1, -0.05) is 30.3 Å². The minimum absolute atomic E-state index is 0.122. The Bertz CT molecular complexity index is 1160. The lowest BCUT2D eigenvalue weighted by atomic mass is 10.1. The molecule has 4 aromatic rings. The molecular formula is C20H16N4O3S. The second-order valence-electron chi connectivity index (χ2n) is 6.05. The minimum atomic E-state index is -0.541. The molecule has 7 nitrogen and oxygen atoms in total. The third kappa shape index (κ3) is 3.86. The van der Waals surface area contributed by atoms with Gasteiger partial charge in [0.2, 0.25) is 0 Å². The lowest BCUT2D eigenvalue weighted by Crippen LogP contribution is -2.20. The van der Waals surface area contributed by atoms with E-state index in [-0.39, 0.29) is 12.5 Å². The molecule has 2 amide bonds. The average molecular weight is 392 g/mol. The van der Waals surface area contributed by atoms with Crippen molar-refractivity contribution < 1.29 is 14.3 Å². The highest BCUT2D eigenvalue weighted by Gasteiger charge is 2.11. The maximum atomic E-state index is 12.2. The van der Waals surface area contributed by atoms with Crippen molar-refractivity contribution in [2.75, 3.05) is 11.9 Å². The number of rotatable bonds is 6. The molecule has 2 heterocycles. The summed E-state index contributed by atoms with van der Waals surface area (Å²) < 4.78 is 5.58. The third-order valence-corrected chi connectivity index (χ3v) is 4.84. The highest BCUT2D eigenvalue weighted by Crippen LogP contribution is 2.25. The summed E-state index contributed by atoms with van der Waals surface area (Å²) in [5, 5.41) is 7.10. The number of H-pyrrole nitrogens is 1. The number of aromatic nitrogens is 2. The summed E-state index contributed by atoms with van der Waals surface area (Å²) >= 11 is 1.29. The number of hydrogen-bond donors (Lipinski definition) is 3. The molecule has 0 spiro atoms. The number of ether oxygens (including phenoxy) is 1. The van der Waals surface area contributed by atoms with E-state index in [4.69, 9.17) is 10.5 Å². The Morgan fingerprint density at radius 1 is 1.14 bits per heavy atom. The van der Waals surface area contributed by atoms with E-state index in [2.05, 4.69) is 15.3 Å². The second kappa shape index (κ2) is 7.53. The highest BCUT2D eigenvalue weighted by molar-refractivity contribution is 7.14. The Hall–Kier alpha value is -3.65. The van der Waals surface area contributed by atoms with E-state index in [1.807, 2.05) is 42.5 Å². The topological polar surface area (TPSA) is 110 Å². The average Bonchev–Trinajstić information content (AvgIpc) is 3.36. The van der Waals surface area contributed by atoms with Crippen molar-refractivity contribution in [2.24, 2.45) is 5.73 Å². The van der Waals surface area contributed by atoms with Gasteiger partial charge in [0.05, 0.1) is 5.69 Å². The summed E-state index contributed by atoms with van der Waals surface area (Å²) in [4.78, 5) is 30.4. The number of anilines is 1. The van der Waals surface area contributed by atoms with Crippen molar-refractivity contribution >= 4 is 39.1 Å². The molecular weight excluding hydrogens is 376 g/mol. The summed E-state index contributed by atoms with van der Waals surface area (Å²) in [7, 11) is 0. The number of aromatic amines is 1. The van der Waals surface area contributed by atoms with Gasteiger partial charge in [-0.05, 0) is 29.0 Å². The molecule has 0 radical (unpaired) electrons. The van der Waals surface area contributed by atoms with Crippen LogP contribution < -0.4 is 15.8 Å². The zero-order chi connectivity index (χ0) is 19.5. The van der Waals surface area contributed by atoms with Gasteiger partial charge in [-0.2, -0.15) is 0 Å². The molecule has 2 aromatic carbocycles. The van der Waals surface area contributed by atoms with Gasteiger partial charge in [-0.15, -0.1) is 11.3 Å². The predicted octanol–water partition coefficient (Wildman–Crippen LogP) is 3.41. The van der Waals surface area contributed by atoms with E-state index in [1.54, 1.807) is 17.6 Å². The fourth-order valence-corrected chi connectivity index (χ4v) is 3.45. The lowest BCUT2D eigenvalue weighted by Gasteiger charge is -2.07. The first-order valence-electron chi connectivity index (χ1n) is 8.44. The number of hydrogen-bond acceptors (Lipinski definition) is 5. The van der Waals surface area contributed by atoms with Crippen LogP contribution in [0.1, 0.15) is 10.5 Å². The smallest absolute Gasteiger partial charge is 0.265 e. The number of nitrogens with zero attached hydrogens (tertiary/aromatic N) is 1. The summed E-state index contributed by atoms with van der Waals surface area (Å²) in [6, 6.07) is 15.2.